The lowest BCUT2D eigenvalue weighted by molar-refractivity contribution is -0.393. The highest BCUT2D eigenvalue weighted by Gasteiger charge is 2.19. The first-order valence-electron chi connectivity index (χ1n) is 10.6. The van der Waals surface area contributed by atoms with Crippen molar-refractivity contribution < 1.29 is 19.3 Å². The summed E-state index contributed by atoms with van der Waals surface area (Å²) in [5.74, 6) is 0.744. The van der Waals surface area contributed by atoms with Gasteiger partial charge in [0.15, 0.2) is 11.5 Å². The first-order chi connectivity index (χ1) is 17.4. The molecular weight excluding hydrogens is 488 g/mol. The molecule has 4 aromatic rings. The maximum atomic E-state index is 11.3. The third kappa shape index (κ3) is 5.34. The molecule has 11 heteroatoms. The number of nitro groups is 2. The second-order valence-corrected chi connectivity index (χ2v) is 7.95. The topological polar surface area (TPSA) is 129 Å². The predicted octanol–water partition coefficient (Wildman–Crippen LogP) is 6.34. The van der Waals surface area contributed by atoms with Crippen molar-refractivity contribution in [1.29, 1.82) is 0 Å². The smallest absolute Gasteiger partial charge is 0.301 e. The molecule has 0 radical (unpaired) electrons. The minimum atomic E-state index is -0.729. The molecular formula is C25H19ClN4O6. The fourth-order valence-electron chi connectivity index (χ4n) is 3.58. The van der Waals surface area contributed by atoms with E-state index in [1.54, 1.807) is 12.1 Å². The van der Waals surface area contributed by atoms with Crippen molar-refractivity contribution >= 4 is 45.7 Å². The highest BCUT2D eigenvalue weighted by molar-refractivity contribution is 6.32. The highest BCUT2D eigenvalue weighted by Crippen LogP contribution is 2.37. The van der Waals surface area contributed by atoms with Gasteiger partial charge in [0.1, 0.15) is 12.3 Å². The molecule has 0 aliphatic heterocycles. The van der Waals surface area contributed by atoms with E-state index >= 15 is 0 Å². The largest absolute Gasteiger partial charge is 0.493 e. The monoisotopic (exact) mass is 506 g/mol. The van der Waals surface area contributed by atoms with Crippen molar-refractivity contribution in [2.24, 2.45) is 5.10 Å². The number of rotatable bonds is 9. The fourth-order valence-corrected chi connectivity index (χ4v) is 3.85. The summed E-state index contributed by atoms with van der Waals surface area (Å²) in [6, 6.07) is 20.4. The van der Waals surface area contributed by atoms with Crippen LogP contribution in [0.3, 0.4) is 0 Å². The molecule has 0 aromatic heterocycles. The van der Waals surface area contributed by atoms with E-state index in [1.165, 1.54) is 19.4 Å². The Bertz CT molecular complexity index is 1490. The number of fused-ring (bicyclic) bond motifs is 1. The van der Waals surface area contributed by atoms with Gasteiger partial charge >= 0.3 is 5.69 Å². The fraction of sp³-hybridized carbons (Fsp3) is 0.0800. The Morgan fingerprint density at radius 2 is 1.78 bits per heavy atom. The summed E-state index contributed by atoms with van der Waals surface area (Å²) in [7, 11) is 1.48. The molecule has 0 atom stereocenters. The van der Waals surface area contributed by atoms with E-state index in [0.717, 1.165) is 28.5 Å². The number of methoxy groups -OCH3 is 1. The number of nitrogens with zero attached hydrogens (tertiary/aromatic N) is 3. The predicted molar refractivity (Wildman–Crippen MR) is 137 cm³/mol. The molecule has 0 fully saturated rings. The van der Waals surface area contributed by atoms with Crippen molar-refractivity contribution in [3.63, 3.8) is 0 Å². The Morgan fingerprint density at radius 1 is 1.00 bits per heavy atom. The molecule has 10 nitrogen and oxygen atoms in total. The molecule has 0 bridgehead atoms. The van der Waals surface area contributed by atoms with Gasteiger partial charge in [-0.1, -0.05) is 54.1 Å². The lowest BCUT2D eigenvalue weighted by Crippen LogP contribution is -2.01. The van der Waals surface area contributed by atoms with Crippen molar-refractivity contribution in [3.8, 4) is 11.5 Å². The molecule has 0 heterocycles. The van der Waals surface area contributed by atoms with Crippen molar-refractivity contribution in [2.75, 3.05) is 12.5 Å². The van der Waals surface area contributed by atoms with Crippen molar-refractivity contribution in [1.82, 2.24) is 0 Å². The van der Waals surface area contributed by atoms with Crippen LogP contribution in [0.25, 0.3) is 10.8 Å². The van der Waals surface area contributed by atoms with Crippen LogP contribution in [0.5, 0.6) is 11.5 Å². The van der Waals surface area contributed by atoms with E-state index in [-0.39, 0.29) is 17.3 Å². The third-order valence-corrected chi connectivity index (χ3v) is 5.57. The van der Waals surface area contributed by atoms with E-state index < -0.39 is 21.2 Å². The van der Waals surface area contributed by atoms with E-state index in [1.807, 2.05) is 42.5 Å². The summed E-state index contributed by atoms with van der Waals surface area (Å²) in [6.07, 6.45) is 1.38. The first kappa shape index (κ1) is 24.4. The van der Waals surface area contributed by atoms with Gasteiger partial charge in [0.05, 0.1) is 34.3 Å². The zero-order valence-corrected chi connectivity index (χ0v) is 19.6. The molecule has 0 saturated heterocycles. The summed E-state index contributed by atoms with van der Waals surface area (Å²) in [5.41, 5.74) is 3.18. The first-order valence-corrected chi connectivity index (χ1v) is 10.9. The number of nitrogens with one attached hydrogen (secondary N) is 1. The van der Waals surface area contributed by atoms with Crippen LogP contribution in [-0.2, 0) is 6.61 Å². The highest BCUT2D eigenvalue weighted by atomic mass is 35.5. The van der Waals surface area contributed by atoms with E-state index in [2.05, 4.69) is 10.5 Å². The number of hydrogen-bond donors (Lipinski definition) is 1. The average Bonchev–Trinajstić information content (AvgIpc) is 2.87. The summed E-state index contributed by atoms with van der Waals surface area (Å²) < 4.78 is 11.5. The Labute approximate surface area is 210 Å². The zero-order chi connectivity index (χ0) is 25.7. The van der Waals surface area contributed by atoms with Gasteiger partial charge in [-0.15, -0.1) is 0 Å². The van der Waals surface area contributed by atoms with Crippen molar-refractivity contribution in [2.45, 2.75) is 6.61 Å². The number of anilines is 1. The van der Waals surface area contributed by atoms with Gasteiger partial charge in [0.25, 0.3) is 5.69 Å². The standard InChI is InChI=1S/C25H19ClN4O6/c1-35-24-12-16(14-27-28-22-10-9-19(29(31)32)13-23(22)30(33)34)11-21(26)25(24)36-15-18-7-4-6-17-5-2-3-8-20(17)18/h2-14,28H,15H2,1H3/b27-14-. The van der Waals surface area contributed by atoms with Crippen LogP contribution in [0.1, 0.15) is 11.1 Å². The zero-order valence-electron chi connectivity index (χ0n) is 18.9. The lowest BCUT2D eigenvalue weighted by Gasteiger charge is -2.14. The molecule has 0 amide bonds. The Balaban J connectivity index is 1.52. The van der Waals surface area contributed by atoms with Crippen LogP contribution < -0.4 is 14.9 Å². The number of halogens is 1. The van der Waals surface area contributed by atoms with Crippen LogP contribution >= 0.6 is 11.6 Å². The molecule has 36 heavy (non-hydrogen) atoms. The van der Waals surface area contributed by atoms with Gasteiger partial charge in [-0.25, -0.2) is 0 Å². The number of hydrogen-bond acceptors (Lipinski definition) is 8. The Hall–Kier alpha value is -4.70. The summed E-state index contributed by atoms with van der Waals surface area (Å²) >= 11 is 6.47. The summed E-state index contributed by atoms with van der Waals surface area (Å²) in [5, 5.41) is 28.6. The average molecular weight is 507 g/mol. The maximum absolute atomic E-state index is 11.3. The molecule has 0 aliphatic carbocycles. The summed E-state index contributed by atoms with van der Waals surface area (Å²) in [6.45, 7) is 0.274. The molecule has 0 spiro atoms. The minimum Gasteiger partial charge on any atom is -0.493 e. The SMILES string of the molecule is COc1cc(/C=N\Nc2ccc([N+](=O)[O-])cc2[N+](=O)[O-])cc(Cl)c1OCc1cccc2ccccc12. The Kier molecular flexibility index (Phi) is 7.26. The van der Waals surface area contributed by atoms with E-state index in [9.17, 15) is 20.2 Å². The van der Waals surface area contributed by atoms with Gasteiger partial charge in [-0.3, -0.25) is 25.7 Å². The van der Waals surface area contributed by atoms with Crippen LogP contribution in [-0.4, -0.2) is 23.2 Å². The molecule has 0 saturated carbocycles. The molecule has 0 aliphatic rings. The van der Waals surface area contributed by atoms with Gasteiger partial charge in [-0.05, 0) is 40.1 Å². The van der Waals surface area contributed by atoms with Crippen molar-refractivity contribution in [3.05, 3.63) is 109 Å². The van der Waals surface area contributed by atoms with Gasteiger partial charge < -0.3 is 9.47 Å². The molecule has 0 unspecified atom stereocenters. The van der Waals surface area contributed by atoms with E-state index in [4.69, 9.17) is 21.1 Å². The molecule has 1 N–H and O–H groups in total. The number of nitro benzene ring substituents is 2. The van der Waals surface area contributed by atoms with Crippen LogP contribution in [0.15, 0.2) is 77.9 Å². The molecule has 4 rings (SSSR count). The molecule has 4 aromatic carbocycles. The number of ether oxygens (including phenoxy) is 2. The van der Waals surface area contributed by atoms with Gasteiger partial charge in [0, 0.05) is 6.07 Å². The number of benzene rings is 4. The van der Waals surface area contributed by atoms with Crippen LogP contribution in [0.4, 0.5) is 17.1 Å². The van der Waals surface area contributed by atoms with Crippen LogP contribution in [0, 0.1) is 20.2 Å². The third-order valence-electron chi connectivity index (χ3n) is 5.29. The van der Waals surface area contributed by atoms with Gasteiger partial charge in [-0.2, -0.15) is 5.10 Å². The number of hydrazone groups is 1. The molecule has 182 valence electrons. The maximum Gasteiger partial charge on any atom is 0.301 e. The quantitative estimate of drug-likeness (QED) is 0.159. The lowest BCUT2D eigenvalue weighted by atomic mass is 10.1. The number of non-ortho nitro benzene ring substituents is 1. The minimum absolute atomic E-state index is 0.00467. The second kappa shape index (κ2) is 10.7. The Morgan fingerprint density at radius 3 is 2.53 bits per heavy atom. The summed E-state index contributed by atoms with van der Waals surface area (Å²) in [4.78, 5) is 20.7. The second-order valence-electron chi connectivity index (χ2n) is 7.55. The normalized spacial score (nSPS) is 10.9. The van der Waals surface area contributed by atoms with Crippen LogP contribution in [0.2, 0.25) is 5.02 Å². The van der Waals surface area contributed by atoms with E-state index in [0.29, 0.717) is 17.1 Å². The van der Waals surface area contributed by atoms with Gasteiger partial charge in [0.2, 0.25) is 0 Å².